The molecule has 2 bridgehead atoms. The summed E-state index contributed by atoms with van der Waals surface area (Å²) in [7, 11) is 1.64. The molecule has 25 heavy (non-hydrogen) atoms. The Labute approximate surface area is 150 Å². The van der Waals surface area contributed by atoms with Gasteiger partial charge in [-0.2, -0.15) is 5.10 Å². The highest BCUT2D eigenvalue weighted by Gasteiger charge is 2.51. The Hall–Kier alpha value is -1.64. The Morgan fingerprint density at radius 3 is 3.12 bits per heavy atom. The molecule has 0 unspecified atom stereocenters. The lowest BCUT2D eigenvalue weighted by Gasteiger charge is -2.38. The first-order valence-electron chi connectivity index (χ1n) is 8.17. The molecule has 4 rings (SSSR count). The number of aromatic nitrogens is 2. The van der Waals surface area contributed by atoms with Crippen LogP contribution in [0.15, 0.2) is 36.7 Å². The number of methoxy groups -OCH3 is 1. The summed E-state index contributed by atoms with van der Waals surface area (Å²) in [4.78, 5) is 0. The van der Waals surface area contributed by atoms with Crippen LogP contribution in [-0.2, 0) is 16.0 Å². The molecule has 8 heteroatoms. The van der Waals surface area contributed by atoms with Crippen LogP contribution >= 0.6 is 11.6 Å². The van der Waals surface area contributed by atoms with Gasteiger partial charge in [0.2, 0.25) is 0 Å². The van der Waals surface area contributed by atoms with Crippen molar-refractivity contribution in [1.29, 1.82) is 0 Å². The Morgan fingerprint density at radius 1 is 1.48 bits per heavy atom. The summed E-state index contributed by atoms with van der Waals surface area (Å²) in [6, 6.07) is 7.07. The molecule has 0 saturated carbocycles. The van der Waals surface area contributed by atoms with Crippen molar-refractivity contribution in [2.45, 2.75) is 37.1 Å². The monoisotopic (exact) mass is 365 g/mol. The second kappa shape index (κ2) is 6.93. The Kier molecular flexibility index (Phi) is 4.66. The van der Waals surface area contributed by atoms with Crippen molar-refractivity contribution in [3.05, 3.63) is 47.2 Å². The molecule has 1 aromatic carbocycles. The summed E-state index contributed by atoms with van der Waals surface area (Å²) in [5, 5.41) is 19.0. The third-order valence-electron chi connectivity index (χ3n) is 4.68. The zero-order valence-corrected chi connectivity index (χ0v) is 14.5. The first-order chi connectivity index (χ1) is 12.2. The predicted molar refractivity (Wildman–Crippen MR) is 90.5 cm³/mol. The SMILES string of the molecule is COc1cccc(CN[C@H]2[C@H](O)[C@@H](n3cc(Cl)cn3)[C@@H]3OC[C@H]2O3)c1. The van der Waals surface area contributed by atoms with E-state index in [4.69, 9.17) is 25.8 Å². The molecule has 0 aliphatic carbocycles. The van der Waals surface area contributed by atoms with Crippen molar-refractivity contribution in [3.8, 4) is 5.75 Å². The average molecular weight is 366 g/mol. The summed E-state index contributed by atoms with van der Waals surface area (Å²) < 4.78 is 18.5. The van der Waals surface area contributed by atoms with E-state index in [1.165, 1.54) is 6.20 Å². The van der Waals surface area contributed by atoms with E-state index in [1.807, 2.05) is 24.3 Å². The van der Waals surface area contributed by atoms with E-state index in [1.54, 1.807) is 18.0 Å². The van der Waals surface area contributed by atoms with Crippen LogP contribution in [0.1, 0.15) is 11.6 Å². The molecule has 2 saturated heterocycles. The minimum atomic E-state index is -0.715. The number of nitrogens with one attached hydrogen (secondary N) is 1. The molecule has 0 amide bonds. The van der Waals surface area contributed by atoms with E-state index < -0.39 is 18.4 Å². The summed E-state index contributed by atoms with van der Waals surface area (Å²) in [6.45, 7) is 1.01. The number of hydrogen-bond acceptors (Lipinski definition) is 6. The van der Waals surface area contributed by atoms with E-state index in [0.717, 1.165) is 11.3 Å². The molecule has 0 spiro atoms. The third-order valence-corrected chi connectivity index (χ3v) is 4.88. The lowest BCUT2D eigenvalue weighted by Crippen LogP contribution is -2.57. The Balaban J connectivity index is 1.50. The first kappa shape index (κ1) is 16.8. The molecule has 5 atom stereocenters. The second-order valence-corrected chi connectivity index (χ2v) is 6.69. The fraction of sp³-hybridized carbons (Fsp3) is 0.471. The highest BCUT2D eigenvalue weighted by atomic mass is 35.5. The summed E-state index contributed by atoms with van der Waals surface area (Å²) in [5.74, 6) is 0.799. The number of benzene rings is 1. The van der Waals surface area contributed by atoms with Crippen LogP contribution in [0.2, 0.25) is 5.02 Å². The van der Waals surface area contributed by atoms with Crippen LogP contribution in [0.5, 0.6) is 5.75 Å². The van der Waals surface area contributed by atoms with Gasteiger partial charge < -0.3 is 24.6 Å². The summed E-state index contributed by atoms with van der Waals surface area (Å²) in [6.07, 6.45) is 1.76. The molecule has 134 valence electrons. The second-order valence-electron chi connectivity index (χ2n) is 6.25. The number of nitrogens with zero attached hydrogens (tertiary/aromatic N) is 2. The highest BCUT2D eigenvalue weighted by Crippen LogP contribution is 2.36. The Morgan fingerprint density at radius 2 is 2.36 bits per heavy atom. The van der Waals surface area contributed by atoms with Crippen LogP contribution in [0, 0.1) is 0 Å². The normalized spacial score (nSPS) is 31.2. The number of halogens is 1. The van der Waals surface area contributed by atoms with Gasteiger partial charge in [0, 0.05) is 12.7 Å². The smallest absolute Gasteiger partial charge is 0.183 e. The van der Waals surface area contributed by atoms with Crippen molar-refractivity contribution in [2.75, 3.05) is 13.7 Å². The number of hydrogen-bond donors (Lipinski definition) is 2. The minimum absolute atomic E-state index is 0.201. The fourth-order valence-corrected chi connectivity index (χ4v) is 3.57. The van der Waals surface area contributed by atoms with Crippen molar-refractivity contribution in [1.82, 2.24) is 15.1 Å². The maximum Gasteiger partial charge on any atom is 0.183 e. The lowest BCUT2D eigenvalue weighted by molar-refractivity contribution is -0.168. The van der Waals surface area contributed by atoms with Crippen LogP contribution in [0.3, 0.4) is 0 Å². The van der Waals surface area contributed by atoms with Crippen LogP contribution in [0.25, 0.3) is 0 Å². The molecule has 1 aromatic heterocycles. The number of rotatable bonds is 5. The number of aliphatic hydroxyl groups excluding tert-OH is 1. The zero-order chi connectivity index (χ0) is 17.4. The van der Waals surface area contributed by atoms with Gasteiger partial charge in [0.15, 0.2) is 6.29 Å². The van der Waals surface area contributed by atoms with Crippen molar-refractivity contribution in [2.24, 2.45) is 0 Å². The third kappa shape index (κ3) is 3.26. The van der Waals surface area contributed by atoms with Gasteiger partial charge in [-0.3, -0.25) is 4.68 Å². The van der Waals surface area contributed by atoms with E-state index in [9.17, 15) is 5.11 Å². The molecule has 0 radical (unpaired) electrons. The van der Waals surface area contributed by atoms with Gasteiger partial charge in [-0.15, -0.1) is 0 Å². The molecular formula is C17H20ClN3O4. The van der Waals surface area contributed by atoms with Gasteiger partial charge in [0.25, 0.3) is 0 Å². The van der Waals surface area contributed by atoms with E-state index in [0.29, 0.717) is 18.2 Å². The maximum atomic E-state index is 10.9. The fourth-order valence-electron chi connectivity index (χ4n) is 3.43. The number of ether oxygens (including phenoxy) is 3. The van der Waals surface area contributed by atoms with Crippen LogP contribution < -0.4 is 10.1 Å². The number of fused-ring (bicyclic) bond motifs is 2. The maximum absolute atomic E-state index is 10.9. The van der Waals surface area contributed by atoms with Gasteiger partial charge in [0.05, 0.1) is 37.1 Å². The molecule has 2 aromatic rings. The molecule has 3 heterocycles. The zero-order valence-electron chi connectivity index (χ0n) is 13.7. The summed E-state index contributed by atoms with van der Waals surface area (Å²) in [5.41, 5.74) is 1.06. The lowest BCUT2D eigenvalue weighted by atomic mass is 9.96. The largest absolute Gasteiger partial charge is 0.497 e. The van der Waals surface area contributed by atoms with Gasteiger partial charge in [-0.1, -0.05) is 23.7 Å². The van der Waals surface area contributed by atoms with Gasteiger partial charge >= 0.3 is 0 Å². The molecule has 2 fully saturated rings. The molecular weight excluding hydrogens is 346 g/mol. The Bertz CT molecular complexity index is 740. The standard InChI is InChI=1S/C17H20ClN3O4/c1-23-12-4-2-3-10(5-12)6-19-14-13-9-24-17(25-13)15(16(14)22)21-8-11(18)7-20-21/h2-5,7-8,13-17,19,22H,6,9H2,1H3/t13-,14-,15-,16+,17-/m1/s1. The topological polar surface area (TPSA) is 77.8 Å². The molecule has 2 aliphatic rings. The van der Waals surface area contributed by atoms with E-state index in [-0.39, 0.29) is 12.1 Å². The van der Waals surface area contributed by atoms with Gasteiger partial charge in [0.1, 0.15) is 17.9 Å². The molecule has 7 nitrogen and oxygen atoms in total. The van der Waals surface area contributed by atoms with Gasteiger partial charge in [-0.25, -0.2) is 0 Å². The predicted octanol–water partition coefficient (Wildman–Crippen LogP) is 1.36. The summed E-state index contributed by atoms with van der Waals surface area (Å²) >= 11 is 5.96. The van der Waals surface area contributed by atoms with Crippen molar-refractivity contribution >= 4 is 11.6 Å². The molecule has 2 N–H and O–H groups in total. The van der Waals surface area contributed by atoms with E-state index in [2.05, 4.69) is 10.4 Å². The van der Waals surface area contributed by atoms with Crippen LogP contribution in [0.4, 0.5) is 0 Å². The average Bonchev–Trinajstić information content (AvgIpc) is 3.23. The first-order valence-corrected chi connectivity index (χ1v) is 8.54. The van der Waals surface area contributed by atoms with Gasteiger partial charge in [-0.05, 0) is 17.7 Å². The number of aliphatic hydroxyl groups is 1. The molecule has 2 aliphatic heterocycles. The van der Waals surface area contributed by atoms with Crippen molar-refractivity contribution < 1.29 is 19.3 Å². The minimum Gasteiger partial charge on any atom is -0.497 e. The highest BCUT2D eigenvalue weighted by molar-refractivity contribution is 6.30. The van der Waals surface area contributed by atoms with E-state index >= 15 is 0 Å². The van der Waals surface area contributed by atoms with Crippen molar-refractivity contribution in [3.63, 3.8) is 0 Å². The van der Waals surface area contributed by atoms with Crippen LogP contribution in [-0.4, -0.2) is 53.1 Å². The quantitative estimate of drug-likeness (QED) is 0.833.